The largest absolute Gasteiger partial charge is 0.478 e. The van der Waals surface area contributed by atoms with Crippen LogP contribution in [0.3, 0.4) is 0 Å². The minimum atomic E-state index is -3.95. The number of methoxy groups -OCH3 is 1. The second-order valence-corrected chi connectivity index (χ2v) is 8.58. The van der Waals surface area contributed by atoms with Crippen LogP contribution < -0.4 is 14.8 Å². The first-order valence-corrected chi connectivity index (χ1v) is 10.8. The van der Waals surface area contributed by atoms with Gasteiger partial charge in [-0.1, -0.05) is 11.3 Å². The van der Waals surface area contributed by atoms with Gasteiger partial charge in [-0.25, -0.2) is 18.4 Å². The van der Waals surface area contributed by atoms with E-state index < -0.39 is 20.9 Å². The van der Waals surface area contributed by atoms with Gasteiger partial charge < -0.3 is 10.1 Å². The van der Waals surface area contributed by atoms with Crippen molar-refractivity contribution in [3.05, 3.63) is 69.9 Å². The van der Waals surface area contributed by atoms with Crippen LogP contribution in [0.1, 0.15) is 4.88 Å². The molecule has 2 aromatic heterocycles. The smallest absolute Gasteiger partial charge is 0.324 e. The van der Waals surface area contributed by atoms with Crippen molar-refractivity contribution in [1.29, 1.82) is 0 Å². The lowest BCUT2D eigenvalue weighted by atomic mass is 10.3. The number of thiophene rings is 1. The first kappa shape index (κ1) is 21.9. The maximum absolute atomic E-state index is 12.5. The molecule has 0 saturated heterocycles. The highest BCUT2D eigenvalue weighted by Gasteiger charge is 2.18. The molecule has 0 atom stereocenters. The highest BCUT2D eigenvalue weighted by Crippen LogP contribution is 2.25. The number of hydrogen-bond acceptors (Lipinski definition) is 9. The molecule has 13 heteroatoms. The summed E-state index contributed by atoms with van der Waals surface area (Å²) in [4.78, 5) is 30.5. The third-order valence-corrected chi connectivity index (χ3v) is 6.07. The van der Waals surface area contributed by atoms with E-state index in [-0.39, 0.29) is 21.6 Å². The molecule has 3 aromatic rings. The number of nitrogens with zero attached hydrogens (tertiary/aromatic N) is 3. The van der Waals surface area contributed by atoms with Crippen molar-refractivity contribution in [3.8, 4) is 5.88 Å². The summed E-state index contributed by atoms with van der Waals surface area (Å²) in [6.07, 6.45) is 5.36. The number of hydrogen-bond donors (Lipinski definition) is 2. The molecule has 1 amide bonds. The van der Waals surface area contributed by atoms with E-state index in [1.807, 2.05) is 0 Å². The van der Waals surface area contributed by atoms with E-state index in [9.17, 15) is 23.3 Å². The molecule has 2 heterocycles. The number of aromatic nitrogens is 2. The van der Waals surface area contributed by atoms with E-state index in [4.69, 9.17) is 4.74 Å². The van der Waals surface area contributed by atoms with E-state index >= 15 is 0 Å². The Balaban J connectivity index is 1.65. The van der Waals surface area contributed by atoms with Gasteiger partial charge in [0.2, 0.25) is 11.7 Å². The molecule has 2 N–H and O–H groups in total. The summed E-state index contributed by atoms with van der Waals surface area (Å²) < 4.78 is 32.3. The minimum Gasteiger partial charge on any atom is -0.478 e. The summed E-state index contributed by atoms with van der Waals surface area (Å²) in [5.74, 6) is -0.506. The van der Waals surface area contributed by atoms with E-state index in [2.05, 4.69) is 20.0 Å². The van der Waals surface area contributed by atoms with Gasteiger partial charge in [0.15, 0.2) is 0 Å². The lowest BCUT2D eigenvalue weighted by molar-refractivity contribution is -0.380. The zero-order valence-corrected chi connectivity index (χ0v) is 17.5. The lowest BCUT2D eigenvalue weighted by Crippen LogP contribution is -2.15. The van der Waals surface area contributed by atoms with Crippen molar-refractivity contribution in [2.45, 2.75) is 4.90 Å². The second-order valence-electron chi connectivity index (χ2n) is 5.80. The van der Waals surface area contributed by atoms with E-state index in [0.717, 1.165) is 11.3 Å². The van der Waals surface area contributed by atoms with Crippen LogP contribution in [0.4, 0.5) is 16.5 Å². The lowest BCUT2D eigenvalue weighted by Gasteiger charge is -2.10. The summed E-state index contributed by atoms with van der Waals surface area (Å²) in [6.45, 7) is 0. The fourth-order valence-corrected chi connectivity index (χ4v) is 4.05. The molecule has 0 saturated carbocycles. The molecule has 0 aliphatic heterocycles. The topological polar surface area (TPSA) is 153 Å². The van der Waals surface area contributed by atoms with Crippen molar-refractivity contribution in [3.63, 3.8) is 0 Å². The van der Waals surface area contributed by atoms with Gasteiger partial charge >= 0.3 is 5.00 Å². The van der Waals surface area contributed by atoms with Crippen molar-refractivity contribution in [2.75, 3.05) is 17.1 Å². The van der Waals surface area contributed by atoms with Gasteiger partial charge in [0, 0.05) is 35.1 Å². The number of ether oxygens (including phenoxy) is 1. The van der Waals surface area contributed by atoms with Gasteiger partial charge in [-0.15, -0.1) is 0 Å². The predicted molar refractivity (Wildman–Crippen MR) is 114 cm³/mol. The Kier molecular flexibility index (Phi) is 6.57. The Labute approximate surface area is 180 Å². The number of nitrogens with one attached hydrogen (secondary N) is 2. The molecule has 11 nitrogen and oxygen atoms in total. The summed E-state index contributed by atoms with van der Waals surface area (Å²) in [7, 11) is -2.61. The highest BCUT2D eigenvalue weighted by atomic mass is 32.2. The molecule has 0 bridgehead atoms. The molecule has 160 valence electrons. The number of rotatable bonds is 8. The zero-order chi connectivity index (χ0) is 22.4. The van der Waals surface area contributed by atoms with Crippen molar-refractivity contribution in [1.82, 2.24) is 9.97 Å². The van der Waals surface area contributed by atoms with Gasteiger partial charge in [0.1, 0.15) is 0 Å². The fraction of sp³-hybridized carbons (Fsp3) is 0.0556. The van der Waals surface area contributed by atoms with E-state index in [0.29, 0.717) is 10.6 Å². The second kappa shape index (κ2) is 9.32. The quantitative estimate of drug-likeness (QED) is 0.295. The Bertz CT molecular complexity index is 1240. The Morgan fingerprint density at radius 1 is 1.16 bits per heavy atom. The van der Waals surface area contributed by atoms with Crippen LogP contribution in [0.25, 0.3) is 6.08 Å². The molecule has 3 rings (SSSR count). The number of carbonyl (C=O) groups excluding carboxylic acids is 1. The predicted octanol–water partition coefficient (Wildman–Crippen LogP) is 2.91. The first-order chi connectivity index (χ1) is 14.8. The number of nitro groups is 1. The molecular formula is C18H15N5O6S2. The molecule has 0 aliphatic rings. The van der Waals surface area contributed by atoms with Crippen LogP contribution in [0.2, 0.25) is 0 Å². The molecule has 31 heavy (non-hydrogen) atoms. The zero-order valence-electron chi connectivity index (χ0n) is 15.9. The number of anilines is 2. The van der Waals surface area contributed by atoms with Crippen LogP contribution in [-0.2, 0) is 14.8 Å². The van der Waals surface area contributed by atoms with Gasteiger partial charge in [-0.2, -0.15) is 0 Å². The molecule has 0 aliphatic carbocycles. The molecule has 1 aromatic carbocycles. The third kappa shape index (κ3) is 5.61. The summed E-state index contributed by atoms with van der Waals surface area (Å²) in [6, 6.07) is 8.35. The van der Waals surface area contributed by atoms with Crippen LogP contribution in [0, 0.1) is 10.1 Å². The standard InChI is InChI=1S/C18H15N5O6S2/c1-29-18-17(19-10-11-20-18)22-31(27,28)14-6-2-12(3-7-14)21-15(24)8-4-13-5-9-16(30-13)23(25)26/h2-11H,1H3,(H,19,22)(H,21,24)/b8-4-. The summed E-state index contributed by atoms with van der Waals surface area (Å²) in [5.41, 5.74) is 0.364. The van der Waals surface area contributed by atoms with Crippen LogP contribution in [0.5, 0.6) is 5.88 Å². The molecule has 0 fully saturated rings. The van der Waals surface area contributed by atoms with Gasteiger partial charge in [-0.3, -0.25) is 19.6 Å². The Hall–Kier alpha value is -3.84. The molecule has 0 spiro atoms. The fourth-order valence-electron chi connectivity index (χ4n) is 2.32. The number of carbonyl (C=O) groups is 1. The number of sulfonamides is 1. The summed E-state index contributed by atoms with van der Waals surface area (Å²) >= 11 is 0.939. The van der Waals surface area contributed by atoms with Gasteiger partial charge in [0.05, 0.1) is 16.9 Å². The normalized spacial score (nSPS) is 11.3. The minimum absolute atomic E-state index is 0.0235. The Morgan fingerprint density at radius 2 is 1.87 bits per heavy atom. The van der Waals surface area contributed by atoms with Crippen LogP contribution in [0.15, 0.2) is 59.8 Å². The first-order valence-electron chi connectivity index (χ1n) is 8.49. The highest BCUT2D eigenvalue weighted by molar-refractivity contribution is 7.92. The van der Waals surface area contributed by atoms with E-state index in [1.165, 1.54) is 68.1 Å². The van der Waals surface area contributed by atoms with Gasteiger partial charge in [0.25, 0.3) is 15.9 Å². The van der Waals surface area contributed by atoms with Crippen molar-refractivity contribution < 1.29 is 22.9 Å². The van der Waals surface area contributed by atoms with Gasteiger partial charge in [-0.05, 0) is 36.4 Å². The van der Waals surface area contributed by atoms with Crippen molar-refractivity contribution >= 4 is 49.8 Å². The summed E-state index contributed by atoms with van der Waals surface area (Å²) in [5, 5.41) is 13.2. The molecule has 0 unspecified atom stereocenters. The van der Waals surface area contributed by atoms with Crippen LogP contribution >= 0.6 is 11.3 Å². The SMILES string of the molecule is COc1nccnc1NS(=O)(=O)c1ccc(NC(=O)/C=C\c2ccc([N+](=O)[O-])s2)cc1. The Morgan fingerprint density at radius 3 is 2.52 bits per heavy atom. The monoisotopic (exact) mass is 461 g/mol. The average molecular weight is 461 g/mol. The van der Waals surface area contributed by atoms with Crippen LogP contribution in [-0.4, -0.2) is 36.3 Å². The number of amides is 1. The maximum atomic E-state index is 12.5. The number of benzene rings is 1. The average Bonchev–Trinajstić information content (AvgIpc) is 3.22. The van der Waals surface area contributed by atoms with E-state index in [1.54, 1.807) is 0 Å². The maximum Gasteiger partial charge on any atom is 0.324 e. The third-order valence-electron chi connectivity index (χ3n) is 3.71. The molecule has 0 radical (unpaired) electrons. The van der Waals surface area contributed by atoms with Crippen molar-refractivity contribution in [2.24, 2.45) is 0 Å². The molecular weight excluding hydrogens is 446 g/mol.